The van der Waals surface area contributed by atoms with Crippen LogP contribution in [-0.2, 0) is 5.41 Å². The monoisotopic (exact) mass is 681 g/mol. The van der Waals surface area contributed by atoms with Gasteiger partial charge in [-0.25, -0.2) is 15.0 Å². The zero-order valence-corrected chi connectivity index (χ0v) is 29.0. The molecule has 1 aliphatic carbocycles. The molecule has 52 heavy (non-hydrogen) atoms. The minimum Gasteiger partial charge on any atom is -0.208 e. The summed E-state index contributed by atoms with van der Waals surface area (Å²) in [5.41, 5.74) is 11.1. The van der Waals surface area contributed by atoms with Gasteiger partial charge < -0.3 is 0 Å². The molecule has 244 valence electrons. The maximum Gasteiger partial charge on any atom is 0.174 e. The normalized spacial score (nSPS) is 12.8. The Morgan fingerprint density at radius 1 is 0.365 bits per heavy atom. The molecule has 0 N–H and O–H groups in total. The van der Waals surface area contributed by atoms with Gasteiger partial charge in [0.15, 0.2) is 17.5 Å². The number of rotatable bonds is 6. The first kappa shape index (κ1) is 30.3. The zero-order valence-electron chi connectivity index (χ0n) is 28.1. The van der Waals surface area contributed by atoms with Crippen LogP contribution in [0.15, 0.2) is 188 Å². The third-order valence-corrected chi connectivity index (χ3v) is 11.4. The lowest BCUT2D eigenvalue weighted by molar-refractivity contribution is 0.768. The molecular formula is C48H31N3S. The summed E-state index contributed by atoms with van der Waals surface area (Å²) < 4.78 is 1.20. The average Bonchev–Trinajstić information content (AvgIpc) is 3.80. The first-order valence-electron chi connectivity index (χ1n) is 17.5. The van der Waals surface area contributed by atoms with Crippen LogP contribution >= 0.6 is 11.3 Å². The fourth-order valence-electron chi connectivity index (χ4n) is 7.98. The third kappa shape index (κ3) is 4.84. The lowest BCUT2D eigenvalue weighted by Crippen LogP contribution is -2.28. The third-order valence-electron chi connectivity index (χ3n) is 10.2. The molecule has 10 rings (SSSR count). The molecule has 4 heteroatoms. The van der Waals surface area contributed by atoms with E-state index in [1.165, 1.54) is 43.5 Å². The highest BCUT2D eigenvalue weighted by Gasteiger charge is 2.45. The molecular weight excluding hydrogens is 651 g/mol. The van der Waals surface area contributed by atoms with Gasteiger partial charge in [0, 0.05) is 15.8 Å². The minimum atomic E-state index is -0.519. The largest absolute Gasteiger partial charge is 0.208 e. The number of hydrogen-bond acceptors (Lipinski definition) is 4. The quantitative estimate of drug-likeness (QED) is 0.175. The number of thiophene rings is 1. The van der Waals surface area contributed by atoms with Gasteiger partial charge in [-0.2, -0.15) is 0 Å². The van der Waals surface area contributed by atoms with Crippen molar-refractivity contribution in [2.24, 2.45) is 0 Å². The van der Waals surface area contributed by atoms with E-state index in [9.17, 15) is 0 Å². The lowest BCUT2D eigenvalue weighted by Gasteiger charge is -2.34. The summed E-state index contributed by atoms with van der Waals surface area (Å²) in [6.07, 6.45) is 0. The van der Waals surface area contributed by atoms with Gasteiger partial charge in [0.25, 0.3) is 0 Å². The molecule has 0 radical (unpaired) electrons. The zero-order chi connectivity index (χ0) is 34.5. The molecule has 0 fully saturated rings. The van der Waals surface area contributed by atoms with Crippen molar-refractivity contribution in [3.63, 3.8) is 0 Å². The van der Waals surface area contributed by atoms with E-state index in [1.54, 1.807) is 11.3 Å². The van der Waals surface area contributed by atoms with Crippen molar-refractivity contribution < 1.29 is 0 Å². The topological polar surface area (TPSA) is 38.7 Å². The Labute approximate surface area is 306 Å². The summed E-state index contributed by atoms with van der Waals surface area (Å²) >= 11 is 1.71. The van der Waals surface area contributed by atoms with Crippen molar-refractivity contribution in [3.05, 3.63) is 210 Å². The lowest BCUT2D eigenvalue weighted by atomic mass is 9.67. The van der Waals surface area contributed by atoms with Gasteiger partial charge in [-0.1, -0.05) is 170 Å². The molecule has 7 aromatic carbocycles. The Morgan fingerprint density at radius 2 is 0.904 bits per heavy atom. The van der Waals surface area contributed by atoms with E-state index >= 15 is 0 Å². The van der Waals surface area contributed by atoms with E-state index in [0.717, 1.165) is 27.1 Å². The summed E-state index contributed by atoms with van der Waals surface area (Å²) in [6, 6.07) is 66.9. The summed E-state index contributed by atoms with van der Waals surface area (Å²) in [5.74, 6) is 1.96. The average molecular weight is 682 g/mol. The molecule has 9 aromatic rings. The maximum atomic E-state index is 5.27. The van der Waals surface area contributed by atoms with Gasteiger partial charge >= 0.3 is 0 Å². The predicted octanol–water partition coefficient (Wildman–Crippen LogP) is 12.1. The smallest absolute Gasteiger partial charge is 0.174 e. The summed E-state index contributed by atoms with van der Waals surface area (Å²) in [4.78, 5) is 16.7. The van der Waals surface area contributed by atoms with Crippen molar-refractivity contribution in [2.75, 3.05) is 0 Å². The molecule has 2 heterocycles. The second-order valence-corrected chi connectivity index (χ2v) is 14.2. The number of nitrogens with zero attached hydrogens (tertiary/aromatic N) is 3. The number of hydrogen-bond donors (Lipinski definition) is 0. The van der Waals surface area contributed by atoms with Crippen LogP contribution in [0.4, 0.5) is 0 Å². The predicted molar refractivity (Wildman–Crippen MR) is 214 cm³/mol. The van der Waals surface area contributed by atoms with E-state index in [2.05, 4.69) is 182 Å². The Hall–Kier alpha value is -6.49. The first-order chi connectivity index (χ1) is 25.8. The molecule has 1 aliphatic rings. The molecule has 0 unspecified atom stereocenters. The Bertz CT molecular complexity index is 2670. The number of aromatic nitrogens is 3. The highest BCUT2D eigenvalue weighted by Crippen LogP contribution is 2.56. The molecule has 0 amide bonds. The van der Waals surface area contributed by atoms with Crippen molar-refractivity contribution >= 4 is 21.4 Å². The molecule has 0 saturated carbocycles. The summed E-state index contributed by atoms with van der Waals surface area (Å²) in [6.45, 7) is 0. The molecule has 0 aliphatic heterocycles. The van der Waals surface area contributed by atoms with Crippen LogP contribution in [0.1, 0.15) is 22.3 Å². The molecule has 3 nitrogen and oxygen atoms in total. The number of fused-ring (bicyclic) bond motifs is 4. The van der Waals surface area contributed by atoms with E-state index in [1.807, 2.05) is 6.07 Å². The molecule has 0 atom stereocenters. The van der Waals surface area contributed by atoms with E-state index in [0.29, 0.717) is 17.5 Å². The van der Waals surface area contributed by atoms with Crippen molar-refractivity contribution in [3.8, 4) is 55.7 Å². The SMILES string of the molecule is c1ccc(-c2ccccc2-c2nc(-c3cccc(C4(c5ccccc5)c5ccccc5-c5ccccc54)c3)nc(-c3cc4ccccc4s3)n2)cc1. The fraction of sp³-hybridized carbons (Fsp3) is 0.0208. The highest BCUT2D eigenvalue weighted by molar-refractivity contribution is 7.22. The van der Waals surface area contributed by atoms with Crippen molar-refractivity contribution in [1.82, 2.24) is 15.0 Å². The maximum absolute atomic E-state index is 5.27. The van der Waals surface area contributed by atoms with Crippen LogP contribution in [0.25, 0.3) is 65.8 Å². The molecule has 0 saturated heterocycles. The van der Waals surface area contributed by atoms with Crippen LogP contribution < -0.4 is 0 Å². The van der Waals surface area contributed by atoms with Gasteiger partial charge in [0.1, 0.15) is 0 Å². The Balaban J connectivity index is 1.22. The van der Waals surface area contributed by atoms with Crippen molar-refractivity contribution in [2.45, 2.75) is 5.41 Å². The second kappa shape index (κ2) is 12.4. The van der Waals surface area contributed by atoms with Gasteiger partial charge in [0.2, 0.25) is 0 Å². The Kier molecular flexibility index (Phi) is 7.22. The van der Waals surface area contributed by atoms with Crippen molar-refractivity contribution in [1.29, 1.82) is 0 Å². The standard InChI is InChI=1S/C48H31N3S/c1-3-16-32(17-4-1)37-23-8-9-26-40(37)46-49-45(50-47(51-46)44-31-33-18-7-14-29-43(33)52-44)34-19-15-22-36(30-34)48(35-20-5-2-6-21-35)41-27-12-10-24-38(41)39-25-11-13-28-42(39)48/h1-31H. The van der Waals surface area contributed by atoms with Gasteiger partial charge in [-0.3, -0.25) is 0 Å². The van der Waals surface area contributed by atoms with Crippen LogP contribution in [0.2, 0.25) is 0 Å². The van der Waals surface area contributed by atoms with Gasteiger partial charge in [0.05, 0.1) is 10.3 Å². The van der Waals surface area contributed by atoms with E-state index < -0.39 is 5.41 Å². The van der Waals surface area contributed by atoms with Crippen LogP contribution in [0, 0.1) is 0 Å². The number of benzene rings is 7. The van der Waals surface area contributed by atoms with Gasteiger partial charge in [-0.15, -0.1) is 11.3 Å². The minimum absolute atomic E-state index is 0.519. The van der Waals surface area contributed by atoms with E-state index in [-0.39, 0.29) is 0 Å². The first-order valence-corrected chi connectivity index (χ1v) is 18.3. The van der Waals surface area contributed by atoms with Gasteiger partial charge in [-0.05, 0) is 68.1 Å². The summed E-state index contributed by atoms with van der Waals surface area (Å²) in [7, 11) is 0. The Morgan fingerprint density at radius 3 is 1.63 bits per heavy atom. The molecule has 0 spiro atoms. The van der Waals surface area contributed by atoms with Crippen LogP contribution in [-0.4, -0.2) is 15.0 Å². The molecule has 2 aromatic heterocycles. The van der Waals surface area contributed by atoms with Crippen LogP contribution in [0.3, 0.4) is 0 Å². The fourth-order valence-corrected chi connectivity index (χ4v) is 8.98. The second-order valence-electron chi connectivity index (χ2n) is 13.2. The van der Waals surface area contributed by atoms with Crippen LogP contribution in [0.5, 0.6) is 0 Å². The molecule has 0 bridgehead atoms. The van der Waals surface area contributed by atoms with E-state index in [4.69, 9.17) is 15.0 Å². The summed E-state index contributed by atoms with van der Waals surface area (Å²) in [5, 5.41) is 1.18. The highest BCUT2D eigenvalue weighted by atomic mass is 32.1.